The second kappa shape index (κ2) is 11.8. The van der Waals surface area contributed by atoms with Crippen molar-refractivity contribution >= 4 is 17.4 Å². The first-order chi connectivity index (χ1) is 16.8. The lowest BCUT2D eigenvalue weighted by Crippen LogP contribution is -2.35. The van der Waals surface area contributed by atoms with Gasteiger partial charge in [-0.15, -0.1) is 0 Å². The number of nitrogens with zero attached hydrogens (tertiary/aromatic N) is 2. The first-order valence-corrected chi connectivity index (χ1v) is 11.9. The van der Waals surface area contributed by atoms with Gasteiger partial charge in [-0.05, 0) is 76.8 Å². The molecule has 1 atom stereocenters. The molecule has 1 heterocycles. The lowest BCUT2D eigenvalue weighted by Gasteiger charge is -2.27. The normalized spacial score (nSPS) is 17.2. The highest BCUT2D eigenvalue weighted by atomic mass is 16.5. The van der Waals surface area contributed by atoms with Gasteiger partial charge in [-0.3, -0.25) is 9.59 Å². The van der Waals surface area contributed by atoms with E-state index in [4.69, 9.17) is 14.2 Å². The topological polar surface area (TPSA) is 88.5 Å². The Morgan fingerprint density at radius 2 is 1.54 bits per heavy atom. The van der Waals surface area contributed by atoms with Crippen molar-refractivity contribution in [3.05, 3.63) is 59.2 Å². The number of rotatable bonds is 11. The van der Waals surface area contributed by atoms with Crippen molar-refractivity contribution in [1.29, 1.82) is 0 Å². The second-order valence-electron chi connectivity index (χ2n) is 8.33. The van der Waals surface area contributed by atoms with Gasteiger partial charge in [0.25, 0.3) is 11.7 Å². The molecule has 0 bridgehead atoms. The summed E-state index contributed by atoms with van der Waals surface area (Å²) in [6.45, 7) is 7.93. The molecular weight excluding hydrogens is 448 g/mol. The summed E-state index contributed by atoms with van der Waals surface area (Å²) in [4.78, 5) is 29.8. The maximum Gasteiger partial charge on any atom is 0.295 e. The Hall–Kier alpha value is -3.52. The Bertz CT molecular complexity index is 1080. The standard InChI is InChI=1S/C27H34N2O6/c1-6-33-20-12-9-18(10-13-20)25(30)23-24(29(16-15-28(4)5)27(32)26(23)31)19-11-14-21(34-7-2)22(17-19)35-8-3/h9-14,17,24,30H,6-8,15-16H2,1-5H3/b25-23-. The highest BCUT2D eigenvalue weighted by molar-refractivity contribution is 6.46. The minimum absolute atomic E-state index is 0.0459. The van der Waals surface area contributed by atoms with E-state index in [0.29, 0.717) is 61.3 Å². The third-order valence-corrected chi connectivity index (χ3v) is 5.65. The van der Waals surface area contributed by atoms with Crippen molar-refractivity contribution in [2.24, 2.45) is 0 Å². The molecule has 0 radical (unpaired) electrons. The quantitative estimate of drug-likeness (QED) is 0.296. The van der Waals surface area contributed by atoms with E-state index in [9.17, 15) is 14.7 Å². The van der Waals surface area contributed by atoms with Crippen LogP contribution in [-0.2, 0) is 9.59 Å². The summed E-state index contributed by atoms with van der Waals surface area (Å²) in [5, 5.41) is 11.2. The predicted molar refractivity (Wildman–Crippen MR) is 134 cm³/mol. The minimum Gasteiger partial charge on any atom is -0.507 e. The first-order valence-electron chi connectivity index (χ1n) is 11.9. The van der Waals surface area contributed by atoms with Gasteiger partial charge in [0.05, 0.1) is 31.4 Å². The number of ketones is 1. The van der Waals surface area contributed by atoms with Crippen LogP contribution in [0.25, 0.3) is 5.76 Å². The van der Waals surface area contributed by atoms with E-state index in [1.807, 2.05) is 39.8 Å². The number of hydrogen-bond donors (Lipinski definition) is 1. The summed E-state index contributed by atoms with van der Waals surface area (Å²) < 4.78 is 16.9. The Labute approximate surface area is 206 Å². The van der Waals surface area contributed by atoms with Crippen LogP contribution in [0.5, 0.6) is 17.2 Å². The van der Waals surface area contributed by atoms with Crippen LogP contribution in [0.3, 0.4) is 0 Å². The smallest absolute Gasteiger partial charge is 0.295 e. The molecule has 2 aromatic rings. The number of carbonyl (C=O) groups excluding carboxylic acids is 2. The lowest BCUT2D eigenvalue weighted by molar-refractivity contribution is -0.140. The molecule has 1 aliphatic heterocycles. The molecule has 0 spiro atoms. The third kappa shape index (κ3) is 5.77. The molecule has 1 saturated heterocycles. The van der Waals surface area contributed by atoms with Crippen LogP contribution in [0.15, 0.2) is 48.0 Å². The van der Waals surface area contributed by atoms with E-state index in [1.54, 1.807) is 42.5 Å². The van der Waals surface area contributed by atoms with E-state index in [2.05, 4.69) is 0 Å². The summed E-state index contributed by atoms with van der Waals surface area (Å²) in [6, 6.07) is 11.4. The van der Waals surface area contributed by atoms with Gasteiger partial charge in [-0.25, -0.2) is 0 Å². The monoisotopic (exact) mass is 482 g/mol. The zero-order chi connectivity index (χ0) is 25.5. The molecule has 3 rings (SSSR count). The summed E-state index contributed by atoms with van der Waals surface area (Å²) in [5.41, 5.74) is 1.13. The van der Waals surface area contributed by atoms with Gasteiger partial charge in [0.15, 0.2) is 11.5 Å². The zero-order valence-corrected chi connectivity index (χ0v) is 21.0. The minimum atomic E-state index is -0.767. The Morgan fingerprint density at radius 3 is 2.14 bits per heavy atom. The number of hydrogen-bond acceptors (Lipinski definition) is 7. The predicted octanol–water partition coefficient (Wildman–Crippen LogP) is 3.87. The fourth-order valence-corrected chi connectivity index (χ4v) is 4.03. The van der Waals surface area contributed by atoms with Crippen molar-refractivity contribution in [1.82, 2.24) is 9.80 Å². The average molecular weight is 483 g/mol. The fourth-order valence-electron chi connectivity index (χ4n) is 4.03. The van der Waals surface area contributed by atoms with Crippen molar-refractivity contribution < 1.29 is 28.9 Å². The van der Waals surface area contributed by atoms with Gasteiger partial charge in [-0.1, -0.05) is 6.07 Å². The van der Waals surface area contributed by atoms with E-state index in [-0.39, 0.29) is 11.3 Å². The van der Waals surface area contributed by atoms with Gasteiger partial charge < -0.3 is 29.1 Å². The van der Waals surface area contributed by atoms with Crippen LogP contribution in [0, 0.1) is 0 Å². The van der Waals surface area contributed by atoms with Crippen LogP contribution >= 0.6 is 0 Å². The molecule has 1 aliphatic rings. The largest absolute Gasteiger partial charge is 0.507 e. The van der Waals surface area contributed by atoms with Crippen LogP contribution in [0.4, 0.5) is 0 Å². The summed E-state index contributed by atoms with van der Waals surface area (Å²) in [5.74, 6) is 0.166. The zero-order valence-electron chi connectivity index (χ0n) is 21.0. The molecule has 0 saturated carbocycles. The van der Waals surface area contributed by atoms with E-state index < -0.39 is 17.7 Å². The number of aliphatic hydroxyl groups excluding tert-OH is 1. The fraction of sp³-hybridized carbons (Fsp3) is 0.407. The maximum absolute atomic E-state index is 13.2. The molecule has 2 aromatic carbocycles. The van der Waals surface area contributed by atoms with Crippen LogP contribution < -0.4 is 14.2 Å². The Balaban J connectivity index is 2.14. The van der Waals surface area contributed by atoms with Crippen LogP contribution in [0.2, 0.25) is 0 Å². The SMILES string of the molecule is CCOc1ccc(/C(O)=C2/C(=O)C(=O)N(CCN(C)C)C2c2ccc(OCC)c(OCC)c2)cc1. The molecule has 1 fully saturated rings. The molecule has 0 aliphatic carbocycles. The molecule has 1 N–H and O–H groups in total. The highest BCUT2D eigenvalue weighted by Gasteiger charge is 2.46. The maximum atomic E-state index is 13.2. The van der Waals surface area contributed by atoms with Crippen LogP contribution in [-0.4, -0.2) is 73.6 Å². The second-order valence-corrected chi connectivity index (χ2v) is 8.33. The van der Waals surface area contributed by atoms with Crippen molar-refractivity contribution in [2.45, 2.75) is 26.8 Å². The van der Waals surface area contributed by atoms with Crippen molar-refractivity contribution in [3.8, 4) is 17.2 Å². The van der Waals surface area contributed by atoms with Gasteiger partial charge in [0, 0.05) is 18.7 Å². The van der Waals surface area contributed by atoms with Gasteiger partial charge >= 0.3 is 0 Å². The van der Waals surface area contributed by atoms with E-state index in [1.165, 1.54) is 4.90 Å². The van der Waals surface area contributed by atoms with Gasteiger partial charge in [0.1, 0.15) is 11.5 Å². The number of likely N-dealkylation sites (N-methyl/N-ethyl adjacent to an activating group) is 1. The van der Waals surface area contributed by atoms with Crippen LogP contribution in [0.1, 0.15) is 37.9 Å². The highest BCUT2D eigenvalue weighted by Crippen LogP contribution is 2.42. The van der Waals surface area contributed by atoms with Crippen molar-refractivity contribution in [2.75, 3.05) is 47.0 Å². The number of aliphatic hydroxyl groups is 1. The Morgan fingerprint density at radius 1 is 0.914 bits per heavy atom. The molecule has 0 aromatic heterocycles. The number of likely N-dealkylation sites (tertiary alicyclic amines) is 1. The lowest BCUT2D eigenvalue weighted by atomic mass is 9.95. The van der Waals surface area contributed by atoms with Gasteiger partial charge in [-0.2, -0.15) is 0 Å². The summed E-state index contributed by atoms with van der Waals surface area (Å²) in [7, 11) is 3.80. The number of carbonyl (C=O) groups is 2. The average Bonchev–Trinajstić information content (AvgIpc) is 3.09. The first kappa shape index (κ1) is 26.1. The number of Topliss-reactive ketones (excluding diaryl/α,β-unsaturated/α-hetero) is 1. The summed E-state index contributed by atoms with van der Waals surface area (Å²) >= 11 is 0. The molecular formula is C27H34N2O6. The van der Waals surface area contributed by atoms with Gasteiger partial charge in [0.2, 0.25) is 0 Å². The molecule has 188 valence electrons. The molecule has 1 amide bonds. The van der Waals surface area contributed by atoms with Crippen molar-refractivity contribution in [3.63, 3.8) is 0 Å². The molecule has 8 heteroatoms. The molecule has 8 nitrogen and oxygen atoms in total. The molecule has 1 unspecified atom stereocenters. The van der Waals surface area contributed by atoms with E-state index >= 15 is 0 Å². The summed E-state index contributed by atoms with van der Waals surface area (Å²) in [6.07, 6.45) is 0. The number of amides is 1. The number of ether oxygens (including phenoxy) is 3. The molecule has 35 heavy (non-hydrogen) atoms. The number of benzene rings is 2. The van der Waals surface area contributed by atoms with E-state index in [0.717, 1.165) is 0 Å². The Kier molecular flexibility index (Phi) is 8.76. The third-order valence-electron chi connectivity index (χ3n) is 5.65.